The molecule has 1 amide bonds. The van der Waals surface area contributed by atoms with Crippen LogP contribution in [0.1, 0.15) is 28.4 Å². The van der Waals surface area contributed by atoms with Crippen LogP contribution in [0.4, 0.5) is 0 Å². The normalized spacial score (nSPS) is 11.0. The number of nitrogens with one attached hydrogen (secondary N) is 1. The number of nitrogens with zero attached hydrogens (tertiary/aromatic N) is 1. The molecule has 4 aromatic rings. The number of halogens is 2. The maximum atomic E-state index is 12.3. The van der Waals surface area contributed by atoms with E-state index in [1.165, 1.54) is 10.8 Å². The highest BCUT2D eigenvalue weighted by molar-refractivity contribution is 9.11. The highest BCUT2D eigenvalue weighted by atomic mass is 79.9. The van der Waals surface area contributed by atoms with Crippen molar-refractivity contribution in [2.75, 3.05) is 6.61 Å². The smallest absolute Gasteiger partial charge is 0.271 e. The summed E-state index contributed by atoms with van der Waals surface area (Å²) in [6.45, 7) is 2.92. The molecule has 0 atom stereocenters. The SMILES string of the molecule is CCOc1ccc(C(=O)N/N=C\c2cc(Br)c(OCc3cccc4ccccc34)c(Br)c2)cc1. The highest BCUT2D eigenvalue weighted by Gasteiger charge is 2.10. The van der Waals surface area contributed by atoms with E-state index in [9.17, 15) is 4.79 Å². The summed E-state index contributed by atoms with van der Waals surface area (Å²) in [5, 5.41) is 6.43. The van der Waals surface area contributed by atoms with E-state index in [0.717, 1.165) is 25.8 Å². The number of rotatable bonds is 8. The predicted molar refractivity (Wildman–Crippen MR) is 143 cm³/mol. The van der Waals surface area contributed by atoms with Gasteiger partial charge in [-0.2, -0.15) is 5.10 Å². The molecule has 0 aliphatic rings. The maximum Gasteiger partial charge on any atom is 0.271 e. The molecule has 0 aromatic heterocycles. The van der Waals surface area contributed by atoms with Gasteiger partial charge in [-0.3, -0.25) is 4.79 Å². The lowest BCUT2D eigenvalue weighted by Crippen LogP contribution is -2.17. The molecule has 4 aromatic carbocycles. The zero-order valence-corrected chi connectivity index (χ0v) is 21.6. The number of carbonyl (C=O) groups excluding carboxylic acids is 1. The second-order valence-electron chi connectivity index (χ2n) is 7.40. The van der Waals surface area contributed by atoms with Gasteiger partial charge in [0.05, 0.1) is 21.8 Å². The number of benzene rings is 4. The number of amides is 1. The Morgan fingerprint density at radius 1 is 0.941 bits per heavy atom. The van der Waals surface area contributed by atoms with Crippen LogP contribution in [0, 0.1) is 0 Å². The van der Waals surface area contributed by atoms with E-state index in [1.807, 2.05) is 37.3 Å². The molecule has 0 radical (unpaired) electrons. The minimum absolute atomic E-state index is 0.299. The van der Waals surface area contributed by atoms with E-state index in [2.05, 4.69) is 66.7 Å². The van der Waals surface area contributed by atoms with Gasteiger partial charge in [-0.15, -0.1) is 0 Å². The first-order chi connectivity index (χ1) is 16.5. The van der Waals surface area contributed by atoms with Gasteiger partial charge in [0.2, 0.25) is 0 Å². The summed E-state index contributed by atoms with van der Waals surface area (Å²) >= 11 is 7.16. The highest BCUT2D eigenvalue weighted by Crippen LogP contribution is 2.35. The van der Waals surface area contributed by atoms with E-state index >= 15 is 0 Å². The van der Waals surface area contributed by atoms with Crippen LogP contribution >= 0.6 is 31.9 Å². The summed E-state index contributed by atoms with van der Waals surface area (Å²) < 4.78 is 13.1. The van der Waals surface area contributed by atoms with Crippen molar-refractivity contribution in [3.63, 3.8) is 0 Å². The summed E-state index contributed by atoms with van der Waals surface area (Å²) in [4.78, 5) is 12.3. The number of ether oxygens (including phenoxy) is 2. The molecule has 0 saturated heterocycles. The summed E-state index contributed by atoms with van der Waals surface area (Å²) in [7, 11) is 0. The minimum Gasteiger partial charge on any atom is -0.494 e. The third kappa shape index (κ3) is 5.85. The summed E-state index contributed by atoms with van der Waals surface area (Å²) in [5.74, 6) is 1.12. The van der Waals surface area contributed by atoms with Gasteiger partial charge in [-0.05, 0) is 97.1 Å². The van der Waals surface area contributed by atoms with E-state index in [0.29, 0.717) is 24.5 Å². The number of carbonyl (C=O) groups is 1. The molecule has 5 nitrogen and oxygen atoms in total. The quantitative estimate of drug-likeness (QED) is 0.178. The van der Waals surface area contributed by atoms with Gasteiger partial charge in [-0.1, -0.05) is 42.5 Å². The van der Waals surface area contributed by atoms with Gasteiger partial charge in [0.15, 0.2) is 0 Å². The van der Waals surface area contributed by atoms with Crippen LogP contribution in [-0.4, -0.2) is 18.7 Å². The van der Waals surface area contributed by atoms with Crippen LogP contribution in [0.3, 0.4) is 0 Å². The molecule has 0 unspecified atom stereocenters. The molecule has 0 spiro atoms. The fourth-order valence-corrected chi connectivity index (χ4v) is 4.91. The van der Waals surface area contributed by atoms with E-state index < -0.39 is 0 Å². The van der Waals surface area contributed by atoms with Crippen molar-refractivity contribution in [1.82, 2.24) is 5.43 Å². The molecular formula is C27H22Br2N2O3. The second kappa shape index (κ2) is 11.3. The maximum absolute atomic E-state index is 12.3. The molecular weight excluding hydrogens is 560 g/mol. The zero-order valence-electron chi connectivity index (χ0n) is 18.4. The average molecular weight is 582 g/mol. The van der Waals surface area contributed by atoms with Crippen LogP contribution in [-0.2, 0) is 6.61 Å². The number of hydrogen-bond donors (Lipinski definition) is 1. The van der Waals surface area contributed by atoms with E-state index in [4.69, 9.17) is 9.47 Å². The van der Waals surface area contributed by atoms with Crippen LogP contribution < -0.4 is 14.9 Å². The Morgan fingerprint density at radius 3 is 2.38 bits per heavy atom. The Labute approximate surface area is 215 Å². The molecule has 0 bridgehead atoms. The van der Waals surface area contributed by atoms with Crippen molar-refractivity contribution in [2.24, 2.45) is 5.10 Å². The van der Waals surface area contributed by atoms with Crippen LogP contribution in [0.15, 0.2) is 92.9 Å². The first kappa shape index (κ1) is 24.0. The van der Waals surface area contributed by atoms with Crippen LogP contribution in [0.5, 0.6) is 11.5 Å². The Kier molecular flexibility index (Phi) is 7.98. The zero-order chi connectivity index (χ0) is 23.9. The number of hydrogen-bond acceptors (Lipinski definition) is 4. The fraction of sp³-hybridized carbons (Fsp3) is 0.111. The Balaban J connectivity index is 1.40. The monoisotopic (exact) mass is 580 g/mol. The minimum atomic E-state index is -0.299. The lowest BCUT2D eigenvalue weighted by Gasteiger charge is -2.13. The van der Waals surface area contributed by atoms with Gasteiger partial charge in [0.1, 0.15) is 18.1 Å². The van der Waals surface area contributed by atoms with Crippen molar-refractivity contribution < 1.29 is 14.3 Å². The standard InChI is InChI=1S/C27H22Br2N2O3/c1-2-33-22-12-10-20(11-13-22)27(32)31-30-16-18-14-24(28)26(25(29)15-18)34-17-21-8-5-7-19-6-3-4-9-23(19)21/h3-16H,2,17H2,1H3,(H,31,32)/b30-16-. The fourth-order valence-electron chi connectivity index (χ4n) is 3.46. The van der Waals surface area contributed by atoms with Crippen molar-refractivity contribution in [3.05, 3.63) is 104 Å². The Bertz CT molecular complexity index is 1310. The van der Waals surface area contributed by atoms with Gasteiger partial charge >= 0.3 is 0 Å². The second-order valence-corrected chi connectivity index (χ2v) is 9.11. The third-order valence-electron chi connectivity index (χ3n) is 5.08. The first-order valence-corrected chi connectivity index (χ1v) is 12.3. The van der Waals surface area contributed by atoms with Gasteiger partial charge in [0, 0.05) is 5.56 Å². The Morgan fingerprint density at radius 2 is 1.65 bits per heavy atom. The van der Waals surface area contributed by atoms with Gasteiger partial charge in [0.25, 0.3) is 5.91 Å². The molecule has 0 aliphatic heterocycles. The van der Waals surface area contributed by atoms with Crippen molar-refractivity contribution in [1.29, 1.82) is 0 Å². The largest absolute Gasteiger partial charge is 0.494 e. The van der Waals surface area contributed by atoms with Gasteiger partial charge in [-0.25, -0.2) is 5.43 Å². The van der Waals surface area contributed by atoms with Crippen molar-refractivity contribution in [3.8, 4) is 11.5 Å². The Hall–Kier alpha value is -3.16. The van der Waals surface area contributed by atoms with Gasteiger partial charge < -0.3 is 9.47 Å². The lowest BCUT2D eigenvalue weighted by atomic mass is 10.1. The summed E-state index contributed by atoms with van der Waals surface area (Å²) in [5.41, 5.74) is 4.95. The summed E-state index contributed by atoms with van der Waals surface area (Å²) in [6, 6.07) is 25.1. The van der Waals surface area contributed by atoms with Crippen LogP contribution in [0.25, 0.3) is 10.8 Å². The molecule has 7 heteroatoms. The topological polar surface area (TPSA) is 59.9 Å². The molecule has 0 aliphatic carbocycles. The lowest BCUT2D eigenvalue weighted by molar-refractivity contribution is 0.0955. The molecule has 34 heavy (non-hydrogen) atoms. The van der Waals surface area contributed by atoms with Crippen molar-refractivity contribution >= 4 is 54.8 Å². The van der Waals surface area contributed by atoms with Crippen LogP contribution in [0.2, 0.25) is 0 Å². The molecule has 0 fully saturated rings. The first-order valence-electron chi connectivity index (χ1n) is 10.7. The molecule has 1 N–H and O–H groups in total. The van der Waals surface area contributed by atoms with E-state index in [-0.39, 0.29) is 5.91 Å². The summed E-state index contributed by atoms with van der Waals surface area (Å²) in [6.07, 6.45) is 1.58. The van der Waals surface area contributed by atoms with E-state index in [1.54, 1.807) is 30.5 Å². The number of hydrazone groups is 1. The molecule has 0 heterocycles. The third-order valence-corrected chi connectivity index (χ3v) is 6.26. The molecule has 4 rings (SSSR count). The number of fused-ring (bicyclic) bond motifs is 1. The predicted octanol–water partition coefficient (Wildman–Crippen LogP) is 7.11. The molecule has 172 valence electrons. The molecule has 0 saturated carbocycles. The van der Waals surface area contributed by atoms with Crippen molar-refractivity contribution in [2.45, 2.75) is 13.5 Å². The average Bonchev–Trinajstić information content (AvgIpc) is 2.84.